The van der Waals surface area contributed by atoms with Gasteiger partial charge >= 0.3 is 5.91 Å². The zero-order chi connectivity index (χ0) is 27.9. The van der Waals surface area contributed by atoms with E-state index in [2.05, 4.69) is 20.8 Å². The van der Waals surface area contributed by atoms with Crippen molar-refractivity contribution in [2.24, 2.45) is 0 Å². The first-order valence-corrected chi connectivity index (χ1v) is 13.5. The van der Waals surface area contributed by atoms with E-state index in [4.69, 9.17) is 14.5 Å². The summed E-state index contributed by atoms with van der Waals surface area (Å²) in [5.41, 5.74) is 2.86. The Balaban J connectivity index is 1.68. The van der Waals surface area contributed by atoms with Crippen molar-refractivity contribution in [3.63, 3.8) is 0 Å². The Kier molecular flexibility index (Phi) is 6.91. The number of thiazole rings is 1. The Hall–Kier alpha value is -4.17. The van der Waals surface area contributed by atoms with Crippen LogP contribution >= 0.6 is 11.3 Å². The number of Topliss-reactive ketones (excluding diaryl/α,β-unsaturated/α-hetero) is 1. The normalized spacial score (nSPS) is 17.2. The van der Waals surface area contributed by atoms with Crippen molar-refractivity contribution >= 4 is 44.1 Å². The molecule has 3 aromatic carbocycles. The number of rotatable bonds is 6. The summed E-state index contributed by atoms with van der Waals surface area (Å²) < 4.78 is 11.7. The quantitative estimate of drug-likeness (QED) is 0.167. The minimum atomic E-state index is -0.854. The maximum absolute atomic E-state index is 13.6. The number of hydrogen-bond donors (Lipinski definition) is 1. The summed E-state index contributed by atoms with van der Waals surface area (Å²) in [5, 5.41) is 11.8. The maximum Gasteiger partial charge on any atom is 0.301 e. The standard InChI is InChI=1S/C31H30N2O5S/c1-6-38-22-15-16-23-24(17-22)39-30(32-23)33-26(18-7-11-20(12-8-18)31(2,3)4)25(28(35)29(33)36)27(34)19-9-13-21(37-5)14-10-19/h7-17,26,34H,6H2,1-5H3/b27-25+/t26-/m0/s1. The number of aliphatic hydroxyl groups is 1. The van der Waals surface area contributed by atoms with Crippen LogP contribution in [-0.4, -0.2) is 35.5 Å². The van der Waals surface area contributed by atoms with Crippen molar-refractivity contribution in [1.82, 2.24) is 4.98 Å². The van der Waals surface area contributed by atoms with E-state index in [1.165, 1.54) is 16.2 Å². The fraction of sp³-hybridized carbons (Fsp3) is 0.258. The molecule has 1 amide bonds. The highest BCUT2D eigenvalue weighted by Gasteiger charge is 2.48. The van der Waals surface area contributed by atoms with Gasteiger partial charge in [0.1, 0.15) is 17.3 Å². The number of ether oxygens (including phenoxy) is 2. The largest absolute Gasteiger partial charge is 0.507 e. The van der Waals surface area contributed by atoms with Crippen LogP contribution in [0.4, 0.5) is 5.13 Å². The molecule has 1 aliphatic rings. The van der Waals surface area contributed by atoms with Gasteiger partial charge in [0.15, 0.2) is 5.13 Å². The summed E-state index contributed by atoms with van der Waals surface area (Å²) in [4.78, 5) is 33.2. The highest BCUT2D eigenvalue weighted by molar-refractivity contribution is 7.22. The molecule has 0 unspecified atom stereocenters. The average Bonchev–Trinajstić information content (AvgIpc) is 3.45. The average molecular weight is 543 g/mol. The highest BCUT2D eigenvalue weighted by atomic mass is 32.1. The van der Waals surface area contributed by atoms with E-state index < -0.39 is 17.7 Å². The lowest BCUT2D eigenvalue weighted by molar-refractivity contribution is -0.132. The number of methoxy groups -OCH3 is 1. The second kappa shape index (κ2) is 10.2. The Bertz CT molecular complexity index is 1580. The second-order valence-corrected chi connectivity index (χ2v) is 11.3. The molecule has 1 aromatic heterocycles. The predicted molar refractivity (Wildman–Crippen MR) is 154 cm³/mol. The van der Waals surface area contributed by atoms with E-state index in [-0.39, 0.29) is 16.7 Å². The van der Waals surface area contributed by atoms with Gasteiger partial charge in [-0.15, -0.1) is 0 Å². The number of benzene rings is 3. The lowest BCUT2D eigenvalue weighted by atomic mass is 9.85. The van der Waals surface area contributed by atoms with Gasteiger partial charge in [-0.3, -0.25) is 14.5 Å². The third-order valence-corrected chi connectivity index (χ3v) is 7.78. The summed E-state index contributed by atoms with van der Waals surface area (Å²) in [7, 11) is 1.55. The molecule has 2 heterocycles. The number of nitrogens with zero attached hydrogens (tertiary/aromatic N) is 2. The smallest absolute Gasteiger partial charge is 0.301 e. The van der Waals surface area contributed by atoms with Gasteiger partial charge in [0.05, 0.1) is 35.5 Å². The van der Waals surface area contributed by atoms with Crippen molar-refractivity contribution in [3.8, 4) is 11.5 Å². The number of ketones is 1. The molecule has 4 aromatic rings. The molecule has 7 nitrogen and oxygen atoms in total. The molecule has 0 saturated carbocycles. The molecule has 8 heteroatoms. The Labute approximate surface area is 231 Å². The third-order valence-electron chi connectivity index (χ3n) is 6.77. The highest BCUT2D eigenvalue weighted by Crippen LogP contribution is 2.45. The number of anilines is 1. The predicted octanol–water partition coefficient (Wildman–Crippen LogP) is 6.63. The summed E-state index contributed by atoms with van der Waals surface area (Å²) in [5.74, 6) is -0.428. The van der Waals surface area contributed by atoms with Gasteiger partial charge in [-0.2, -0.15) is 0 Å². The number of hydrogen-bond acceptors (Lipinski definition) is 7. The number of carbonyl (C=O) groups excluding carboxylic acids is 2. The van der Waals surface area contributed by atoms with Crippen molar-refractivity contribution < 1.29 is 24.2 Å². The number of amides is 1. The molecule has 200 valence electrons. The SMILES string of the molecule is CCOc1ccc2nc(N3C(=O)C(=O)/C(=C(/O)c4ccc(OC)cc4)[C@@H]3c3ccc(C(C)(C)C)cc3)sc2c1. The molecule has 39 heavy (non-hydrogen) atoms. The van der Waals surface area contributed by atoms with E-state index >= 15 is 0 Å². The van der Waals surface area contributed by atoms with E-state index in [9.17, 15) is 14.7 Å². The topological polar surface area (TPSA) is 89.0 Å². The summed E-state index contributed by atoms with van der Waals surface area (Å²) >= 11 is 1.30. The van der Waals surface area contributed by atoms with Gasteiger partial charge in [0.2, 0.25) is 0 Å². The van der Waals surface area contributed by atoms with Crippen LogP contribution in [0.3, 0.4) is 0 Å². The van der Waals surface area contributed by atoms with E-state index in [0.29, 0.717) is 39.9 Å². The molecule has 1 fully saturated rings. The van der Waals surface area contributed by atoms with Crippen molar-refractivity contribution in [1.29, 1.82) is 0 Å². The van der Waals surface area contributed by atoms with Crippen LogP contribution in [0.25, 0.3) is 16.0 Å². The summed E-state index contributed by atoms with van der Waals surface area (Å²) in [6.45, 7) is 8.80. The first kappa shape index (κ1) is 26.4. The molecule has 1 saturated heterocycles. The van der Waals surface area contributed by atoms with Gasteiger partial charge in [-0.1, -0.05) is 56.4 Å². The monoisotopic (exact) mass is 542 g/mol. The van der Waals surface area contributed by atoms with Crippen LogP contribution < -0.4 is 14.4 Å². The van der Waals surface area contributed by atoms with Crippen molar-refractivity contribution in [3.05, 3.63) is 89.0 Å². The number of aromatic nitrogens is 1. The number of aliphatic hydroxyl groups excluding tert-OH is 1. The zero-order valence-corrected chi connectivity index (χ0v) is 23.3. The first-order valence-electron chi connectivity index (χ1n) is 12.7. The fourth-order valence-corrected chi connectivity index (χ4v) is 5.69. The molecule has 0 spiro atoms. The first-order chi connectivity index (χ1) is 18.6. The Morgan fingerprint density at radius 3 is 2.28 bits per heavy atom. The second-order valence-electron chi connectivity index (χ2n) is 10.3. The Morgan fingerprint density at radius 1 is 1.00 bits per heavy atom. The van der Waals surface area contributed by atoms with Crippen LogP contribution in [-0.2, 0) is 15.0 Å². The minimum absolute atomic E-state index is 0.0166. The minimum Gasteiger partial charge on any atom is -0.507 e. The van der Waals surface area contributed by atoms with Gasteiger partial charge in [0, 0.05) is 5.56 Å². The molecule has 0 radical (unpaired) electrons. The number of fused-ring (bicyclic) bond motifs is 1. The maximum atomic E-state index is 13.6. The molecule has 1 aliphatic heterocycles. The van der Waals surface area contributed by atoms with Gasteiger partial charge in [-0.05, 0) is 65.9 Å². The van der Waals surface area contributed by atoms with Gasteiger partial charge in [-0.25, -0.2) is 4.98 Å². The Morgan fingerprint density at radius 2 is 1.67 bits per heavy atom. The third kappa shape index (κ3) is 4.88. The summed E-state index contributed by atoms with van der Waals surface area (Å²) in [6.07, 6.45) is 0. The van der Waals surface area contributed by atoms with Gasteiger partial charge < -0.3 is 14.6 Å². The fourth-order valence-electron chi connectivity index (χ4n) is 4.67. The van der Waals surface area contributed by atoms with E-state index in [1.54, 1.807) is 31.4 Å². The molecule has 1 N–H and O–H groups in total. The van der Waals surface area contributed by atoms with Crippen LogP contribution in [0.5, 0.6) is 11.5 Å². The molecule has 5 rings (SSSR count). The van der Waals surface area contributed by atoms with Crippen LogP contribution in [0.1, 0.15) is 50.4 Å². The molecule has 0 bridgehead atoms. The molecule has 1 atom stereocenters. The number of carbonyl (C=O) groups is 2. The summed E-state index contributed by atoms with van der Waals surface area (Å²) in [6, 6.07) is 19.2. The van der Waals surface area contributed by atoms with Crippen molar-refractivity contribution in [2.45, 2.75) is 39.2 Å². The van der Waals surface area contributed by atoms with Crippen LogP contribution in [0.15, 0.2) is 72.3 Å². The van der Waals surface area contributed by atoms with Crippen molar-refractivity contribution in [2.75, 3.05) is 18.6 Å². The van der Waals surface area contributed by atoms with E-state index in [1.807, 2.05) is 49.4 Å². The lowest BCUT2D eigenvalue weighted by Gasteiger charge is -2.24. The zero-order valence-electron chi connectivity index (χ0n) is 22.5. The van der Waals surface area contributed by atoms with Gasteiger partial charge in [0.25, 0.3) is 5.78 Å². The molecular formula is C31H30N2O5S. The van der Waals surface area contributed by atoms with E-state index in [0.717, 1.165) is 10.3 Å². The molecule has 0 aliphatic carbocycles. The van der Waals surface area contributed by atoms with Crippen LogP contribution in [0, 0.1) is 0 Å². The van der Waals surface area contributed by atoms with Crippen LogP contribution in [0.2, 0.25) is 0 Å². The molecular weight excluding hydrogens is 512 g/mol. The lowest BCUT2D eigenvalue weighted by Crippen LogP contribution is -2.29.